The van der Waals surface area contributed by atoms with Crippen LogP contribution in [0.15, 0.2) is 18.2 Å². The minimum Gasteiger partial charge on any atom is -0.478 e. The molecule has 0 saturated carbocycles. The molecule has 0 radical (unpaired) electrons. The number of carboxylic acid groups (broad SMARTS) is 1. The molecule has 0 bridgehead atoms. The van der Waals surface area contributed by atoms with Crippen LogP contribution >= 0.6 is 0 Å². The Balaban J connectivity index is 2.52. The molecule has 17 heavy (non-hydrogen) atoms. The van der Waals surface area contributed by atoms with E-state index in [-0.39, 0.29) is 0 Å². The molecule has 4 heteroatoms. The van der Waals surface area contributed by atoms with Crippen LogP contribution < -0.4 is 5.32 Å². The first kappa shape index (κ1) is 11.7. The van der Waals surface area contributed by atoms with Gasteiger partial charge in [-0.2, -0.15) is 0 Å². The number of aromatic amines is 1. The first-order valence-electron chi connectivity index (χ1n) is 5.62. The summed E-state index contributed by atoms with van der Waals surface area (Å²) in [6.07, 6.45) is 0.894. The van der Waals surface area contributed by atoms with Gasteiger partial charge in [-0.15, -0.1) is 0 Å². The molecule has 2 rings (SSSR count). The van der Waals surface area contributed by atoms with Crippen LogP contribution in [0.5, 0.6) is 0 Å². The lowest BCUT2D eigenvalue weighted by molar-refractivity contribution is 0.0697. The molecule has 0 atom stereocenters. The second-order valence-corrected chi connectivity index (χ2v) is 4.15. The molecule has 0 aliphatic rings. The summed E-state index contributed by atoms with van der Waals surface area (Å²) in [7, 11) is 1.91. The van der Waals surface area contributed by atoms with E-state index in [1.807, 2.05) is 20.0 Å². The molecule has 0 aliphatic heterocycles. The van der Waals surface area contributed by atoms with E-state index in [4.69, 9.17) is 5.11 Å². The van der Waals surface area contributed by atoms with Gasteiger partial charge in [-0.1, -0.05) is 0 Å². The van der Waals surface area contributed by atoms with Crippen LogP contribution in [0.1, 0.15) is 21.6 Å². The normalized spacial score (nSPS) is 10.9. The summed E-state index contributed by atoms with van der Waals surface area (Å²) in [5.74, 6) is -0.884. The van der Waals surface area contributed by atoms with Crippen molar-refractivity contribution in [2.24, 2.45) is 0 Å². The van der Waals surface area contributed by atoms with Gasteiger partial charge in [0.05, 0.1) is 5.56 Å². The first-order valence-corrected chi connectivity index (χ1v) is 5.62. The molecular weight excluding hydrogens is 216 g/mol. The lowest BCUT2D eigenvalue weighted by Crippen LogP contribution is -2.10. The third-order valence-electron chi connectivity index (χ3n) is 2.99. The molecular formula is C13H16N2O2. The molecule has 2 aromatic rings. The molecule has 1 heterocycles. The zero-order chi connectivity index (χ0) is 12.4. The number of nitrogens with one attached hydrogen (secondary N) is 2. The van der Waals surface area contributed by atoms with Gasteiger partial charge in [0.15, 0.2) is 0 Å². The highest BCUT2D eigenvalue weighted by molar-refractivity contribution is 5.95. The average Bonchev–Trinajstić information content (AvgIpc) is 2.61. The van der Waals surface area contributed by atoms with E-state index in [2.05, 4.69) is 10.3 Å². The standard InChI is InChI=1S/C13H16N2O2/c1-8-10(5-6-14-2)11-7-9(13(16)17)3-4-12(11)15-8/h3-4,7,14-15H,5-6H2,1-2H3,(H,16,17). The molecule has 1 aromatic heterocycles. The van der Waals surface area contributed by atoms with Crippen molar-refractivity contribution in [2.75, 3.05) is 13.6 Å². The van der Waals surface area contributed by atoms with Crippen molar-refractivity contribution in [3.05, 3.63) is 35.0 Å². The smallest absolute Gasteiger partial charge is 0.335 e. The van der Waals surface area contributed by atoms with E-state index >= 15 is 0 Å². The molecule has 0 saturated heterocycles. The van der Waals surface area contributed by atoms with Gasteiger partial charge in [0.2, 0.25) is 0 Å². The van der Waals surface area contributed by atoms with Gasteiger partial charge in [-0.3, -0.25) is 0 Å². The summed E-state index contributed by atoms with van der Waals surface area (Å²) < 4.78 is 0. The van der Waals surface area contributed by atoms with Crippen molar-refractivity contribution < 1.29 is 9.90 Å². The second-order valence-electron chi connectivity index (χ2n) is 4.15. The van der Waals surface area contributed by atoms with Gasteiger partial charge in [0, 0.05) is 16.6 Å². The quantitative estimate of drug-likeness (QED) is 0.754. The molecule has 0 unspecified atom stereocenters. The number of hydrogen-bond donors (Lipinski definition) is 3. The molecule has 3 N–H and O–H groups in total. The highest BCUT2D eigenvalue weighted by Gasteiger charge is 2.10. The zero-order valence-corrected chi connectivity index (χ0v) is 10.0. The van der Waals surface area contributed by atoms with Crippen molar-refractivity contribution in [1.82, 2.24) is 10.3 Å². The van der Waals surface area contributed by atoms with Crippen molar-refractivity contribution in [3.8, 4) is 0 Å². The summed E-state index contributed by atoms with van der Waals surface area (Å²) in [5, 5.41) is 13.1. The number of aryl methyl sites for hydroxylation is 1. The van der Waals surface area contributed by atoms with E-state index in [0.29, 0.717) is 5.56 Å². The van der Waals surface area contributed by atoms with Crippen molar-refractivity contribution in [2.45, 2.75) is 13.3 Å². The SMILES string of the molecule is CNCCc1c(C)[nH]c2ccc(C(=O)O)cc12. The predicted molar refractivity (Wildman–Crippen MR) is 67.6 cm³/mol. The molecule has 0 amide bonds. The Morgan fingerprint density at radius 2 is 2.24 bits per heavy atom. The molecule has 90 valence electrons. The molecule has 0 fully saturated rings. The highest BCUT2D eigenvalue weighted by Crippen LogP contribution is 2.23. The van der Waals surface area contributed by atoms with Crippen molar-refractivity contribution >= 4 is 16.9 Å². The topological polar surface area (TPSA) is 65.1 Å². The molecule has 1 aromatic carbocycles. The fourth-order valence-corrected chi connectivity index (χ4v) is 2.09. The summed E-state index contributed by atoms with van der Waals surface area (Å²) >= 11 is 0. The van der Waals surface area contributed by atoms with E-state index in [0.717, 1.165) is 29.6 Å². The number of rotatable bonds is 4. The lowest BCUT2D eigenvalue weighted by atomic mass is 10.1. The van der Waals surface area contributed by atoms with E-state index in [9.17, 15) is 4.79 Å². The predicted octanol–water partition coefficient (Wildman–Crippen LogP) is 1.94. The molecule has 0 spiro atoms. The fourth-order valence-electron chi connectivity index (χ4n) is 2.09. The lowest BCUT2D eigenvalue weighted by Gasteiger charge is -2.01. The van der Waals surface area contributed by atoms with Gasteiger partial charge in [-0.05, 0) is 50.7 Å². The highest BCUT2D eigenvalue weighted by atomic mass is 16.4. The third-order valence-corrected chi connectivity index (χ3v) is 2.99. The van der Waals surface area contributed by atoms with Crippen LogP contribution in [0.3, 0.4) is 0 Å². The Kier molecular flexibility index (Phi) is 3.15. The Hall–Kier alpha value is -1.81. The number of aromatic carboxylic acids is 1. The Morgan fingerprint density at radius 3 is 2.88 bits per heavy atom. The van der Waals surface area contributed by atoms with Gasteiger partial charge < -0.3 is 15.4 Å². The van der Waals surface area contributed by atoms with Crippen LogP contribution in [-0.2, 0) is 6.42 Å². The Bertz CT molecular complexity index is 558. The van der Waals surface area contributed by atoms with Crippen LogP contribution in [0.2, 0.25) is 0 Å². The van der Waals surface area contributed by atoms with E-state index < -0.39 is 5.97 Å². The Morgan fingerprint density at radius 1 is 1.47 bits per heavy atom. The van der Waals surface area contributed by atoms with Gasteiger partial charge in [0.25, 0.3) is 0 Å². The van der Waals surface area contributed by atoms with Gasteiger partial charge in [0.1, 0.15) is 0 Å². The summed E-state index contributed by atoms with van der Waals surface area (Å²) in [5.41, 5.74) is 3.64. The average molecular weight is 232 g/mol. The number of hydrogen-bond acceptors (Lipinski definition) is 2. The second kappa shape index (κ2) is 4.59. The minimum atomic E-state index is -0.884. The Labute approximate surface area is 99.7 Å². The van der Waals surface area contributed by atoms with E-state index in [1.165, 1.54) is 5.56 Å². The summed E-state index contributed by atoms with van der Waals surface area (Å²) in [6, 6.07) is 5.20. The molecule has 0 aliphatic carbocycles. The number of aromatic nitrogens is 1. The van der Waals surface area contributed by atoms with Crippen LogP contribution in [0.25, 0.3) is 10.9 Å². The van der Waals surface area contributed by atoms with Crippen molar-refractivity contribution in [1.29, 1.82) is 0 Å². The number of fused-ring (bicyclic) bond motifs is 1. The van der Waals surface area contributed by atoms with Gasteiger partial charge in [-0.25, -0.2) is 4.79 Å². The number of carboxylic acids is 1. The maximum atomic E-state index is 11.0. The number of carbonyl (C=O) groups is 1. The first-order chi connectivity index (χ1) is 8.13. The van der Waals surface area contributed by atoms with Crippen LogP contribution in [0, 0.1) is 6.92 Å². The van der Waals surface area contributed by atoms with E-state index in [1.54, 1.807) is 12.1 Å². The zero-order valence-electron chi connectivity index (χ0n) is 10.0. The number of H-pyrrole nitrogens is 1. The maximum absolute atomic E-state index is 11.0. The van der Waals surface area contributed by atoms with Crippen molar-refractivity contribution in [3.63, 3.8) is 0 Å². The molecule has 4 nitrogen and oxygen atoms in total. The number of benzene rings is 1. The van der Waals surface area contributed by atoms with Crippen LogP contribution in [0.4, 0.5) is 0 Å². The third kappa shape index (κ3) is 2.17. The summed E-state index contributed by atoms with van der Waals surface area (Å²) in [4.78, 5) is 14.2. The fraction of sp³-hybridized carbons (Fsp3) is 0.308. The number of likely N-dealkylation sites (N-methyl/N-ethyl adjacent to an activating group) is 1. The monoisotopic (exact) mass is 232 g/mol. The summed E-state index contributed by atoms with van der Waals surface area (Å²) in [6.45, 7) is 2.90. The largest absolute Gasteiger partial charge is 0.478 e. The maximum Gasteiger partial charge on any atom is 0.335 e. The minimum absolute atomic E-state index is 0.335. The van der Waals surface area contributed by atoms with Crippen LogP contribution in [-0.4, -0.2) is 29.7 Å². The van der Waals surface area contributed by atoms with Gasteiger partial charge >= 0.3 is 5.97 Å².